The van der Waals surface area contributed by atoms with Crippen molar-refractivity contribution >= 4 is 22.7 Å². The third-order valence-corrected chi connectivity index (χ3v) is 7.51. The third kappa shape index (κ3) is 3.25. The molecule has 2 aliphatic rings. The first kappa shape index (κ1) is 15.8. The number of hydrogen-bond acceptors (Lipinski definition) is 5. The molecule has 3 nitrogen and oxygen atoms in total. The van der Waals surface area contributed by atoms with Crippen molar-refractivity contribution in [1.82, 2.24) is 14.8 Å². The first-order valence-electron chi connectivity index (χ1n) is 8.50. The number of aryl methyl sites for hydroxylation is 1. The van der Waals surface area contributed by atoms with Gasteiger partial charge in [-0.25, -0.2) is 4.98 Å². The highest BCUT2D eigenvalue weighted by molar-refractivity contribution is 7.10. The first-order chi connectivity index (χ1) is 11.2. The van der Waals surface area contributed by atoms with E-state index in [1.807, 2.05) is 17.5 Å². The van der Waals surface area contributed by atoms with Gasteiger partial charge in [0.05, 0.1) is 6.54 Å². The van der Waals surface area contributed by atoms with Crippen molar-refractivity contribution in [2.45, 2.75) is 45.3 Å². The fourth-order valence-electron chi connectivity index (χ4n) is 4.07. The molecule has 1 saturated heterocycles. The van der Waals surface area contributed by atoms with E-state index in [1.165, 1.54) is 42.9 Å². The number of piperidine rings is 1. The van der Waals surface area contributed by atoms with Crippen molar-refractivity contribution < 1.29 is 0 Å². The summed E-state index contributed by atoms with van der Waals surface area (Å²) in [5.74, 6) is 0. The number of likely N-dealkylation sites (tertiary alicyclic amines) is 1. The lowest BCUT2D eigenvalue weighted by Gasteiger charge is -2.34. The van der Waals surface area contributed by atoms with Crippen LogP contribution < -0.4 is 0 Å². The predicted molar refractivity (Wildman–Crippen MR) is 98.0 cm³/mol. The molecule has 124 valence electrons. The summed E-state index contributed by atoms with van der Waals surface area (Å²) < 4.78 is 0. The monoisotopic (exact) mass is 347 g/mol. The molecule has 3 heterocycles. The predicted octanol–water partition coefficient (Wildman–Crippen LogP) is 4.00. The molecule has 1 spiro atoms. The van der Waals surface area contributed by atoms with Crippen molar-refractivity contribution in [1.29, 1.82) is 0 Å². The number of aromatic nitrogens is 1. The Kier molecular flexibility index (Phi) is 4.30. The van der Waals surface area contributed by atoms with Crippen molar-refractivity contribution in [3.8, 4) is 0 Å². The van der Waals surface area contributed by atoms with E-state index in [4.69, 9.17) is 0 Å². The van der Waals surface area contributed by atoms with Gasteiger partial charge >= 0.3 is 0 Å². The summed E-state index contributed by atoms with van der Waals surface area (Å²) in [6.07, 6.45) is 6.04. The highest BCUT2D eigenvalue weighted by Gasteiger charge is 2.56. The topological polar surface area (TPSA) is 19.4 Å². The standard InChI is InChI=1S/C18H25N3S2/c1-14-3-9-22-15(14)12-21-7-4-18(5-8-21)11-16(18)20(2)13-17-19-6-10-23-17/h3,6,9-10,16H,4-5,7-8,11-13H2,1-2H3/t16-/m0/s1. The van der Waals surface area contributed by atoms with Crippen LogP contribution in [0.2, 0.25) is 0 Å². The van der Waals surface area contributed by atoms with Crippen LogP contribution in [-0.2, 0) is 13.1 Å². The van der Waals surface area contributed by atoms with Crippen molar-refractivity contribution in [3.05, 3.63) is 38.5 Å². The van der Waals surface area contributed by atoms with Crippen LogP contribution in [0.5, 0.6) is 0 Å². The Labute approximate surface area is 147 Å². The first-order valence-corrected chi connectivity index (χ1v) is 10.3. The molecule has 1 saturated carbocycles. The zero-order chi connectivity index (χ0) is 15.9. The summed E-state index contributed by atoms with van der Waals surface area (Å²) >= 11 is 3.69. The maximum atomic E-state index is 4.43. The van der Waals surface area contributed by atoms with Gasteiger partial charge in [0.15, 0.2) is 0 Å². The zero-order valence-electron chi connectivity index (χ0n) is 14.0. The summed E-state index contributed by atoms with van der Waals surface area (Å²) in [5, 5.41) is 5.55. The van der Waals surface area contributed by atoms with E-state index < -0.39 is 0 Å². The van der Waals surface area contributed by atoms with Gasteiger partial charge in [0.2, 0.25) is 0 Å². The van der Waals surface area contributed by atoms with E-state index in [0.717, 1.165) is 19.1 Å². The molecule has 0 amide bonds. The molecule has 1 atom stereocenters. The van der Waals surface area contributed by atoms with Crippen LogP contribution in [0.3, 0.4) is 0 Å². The SMILES string of the molecule is Cc1ccsc1CN1CCC2(CC1)C[C@@H]2N(C)Cc1nccs1. The Bertz CT molecular complexity index is 641. The number of hydrogen-bond donors (Lipinski definition) is 0. The van der Waals surface area contributed by atoms with Gasteiger partial charge in [0.1, 0.15) is 5.01 Å². The molecular formula is C18H25N3S2. The maximum Gasteiger partial charge on any atom is 0.107 e. The fraction of sp³-hybridized carbons (Fsp3) is 0.611. The van der Waals surface area contributed by atoms with E-state index in [1.54, 1.807) is 16.2 Å². The molecule has 5 heteroatoms. The Balaban J connectivity index is 1.29. The summed E-state index contributed by atoms with van der Waals surface area (Å²) in [6.45, 7) is 6.93. The summed E-state index contributed by atoms with van der Waals surface area (Å²) in [7, 11) is 2.28. The van der Waals surface area contributed by atoms with Gasteiger partial charge in [-0.2, -0.15) is 0 Å². The van der Waals surface area contributed by atoms with Crippen LogP contribution in [0.4, 0.5) is 0 Å². The minimum absolute atomic E-state index is 0.604. The van der Waals surface area contributed by atoms with Crippen LogP contribution in [-0.4, -0.2) is 41.0 Å². The molecule has 23 heavy (non-hydrogen) atoms. The number of nitrogens with zero attached hydrogens (tertiary/aromatic N) is 3. The molecule has 2 aromatic rings. The molecule has 1 aliphatic carbocycles. The van der Waals surface area contributed by atoms with Crippen LogP contribution in [0.25, 0.3) is 0 Å². The van der Waals surface area contributed by atoms with Gasteiger partial charge in [-0.15, -0.1) is 22.7 Å². The van der Waals surface area contributed by atoms with Gasteiger partial charge in [0, 0.05) is 29.0 Å². The Morgan fingerprint density at radius 3 is 2.78 bits per heavy atom. The highest BCUT2D eigenvalue weighted by Crippen LogP contribution is 2.56. The number of thiophene rings is 1. The van der Waals surface area contributed by atoms with Crippen molar-refractivity contribution in [2.75, 3.05) is 20.1 Å². The van der Waals surface area contributed by atoms with Crippen LogP contribution >= 0.6 is 22.7 Å². The van der Waals surface area contributed by atoms with Crippen LogP contribution in [0, 0.1) is 12.3 Å². The summed E-state index contributed by atoms with van der Waals surface area (Å²) in [5.41, 5.74) is 2.07. The zero-order valence-corrected chi connectivity index (χ0v) is 15.6. The average Bonchev–Trinajstić information content (AvgIpc) is 2.88. The maximum absolute atomic E-state index is 4.43. The quantitative estimate of drug-likeness (QED) is 0.815. The normalized spacial score (nSPS) is 23.7. The van der Waals surface area contributed by atoms with E-state index in [2.05, 4.69) is 45.6 Å². The minimum atomic E-state index is 0.604. The lowest BCUT2D eigenvalue weighted by atomic mass is 9.92. The molecule has 2 aromatic heterocycles. The number of rotatable bonds is 5. The molecule has 0 N–H and O–H groups in total. The van der Waals surface area contributed by atoms with E-state index in [0.29, 0.717) is 5.41 Å². The Morgan fingerprint density at radius 1 is 1.30 bits per heavy atom. The molecular weight excluding hydrogens is 322 g/mol. The van der Waals surface area contributed by atoms with Gasteiger partial charge in [-0.1, -0.05) is 0 Å². The van der Waals surface area contributed by atoms with Gasteiger partial charge in [-0.3, -0.25) is 9.80 Å². The second kappa shape index (κ2) is 6.28. The highest BCUT2D eigenvalue weighted by atomic mass is 32.1. The number of thiazole rings is 1. The Hall–Kier alpha value is -0.750. The molecule has 4 rings (SSSR count). The lowest BCUT2D eigenvalue weighted by Crippen LogP contribution is -2.37. The third-order valence-electron chi connectivity index (χ3n) is 5.73. The van der Waals surface area contributed by atoms with E-state index in [9.17, 15) is 0 Å². The fourth-order valence-corrected chi connectivity index (χ4v) is 5.69. The van der Waals surface area contributed by atoms with E-state index >= 15 is 0 Å². The second-order valence-corrected chi connectivity index (χ2v) is 9.21. The minimum Gasteiger partial charge on any atom is -0.298 e. The van der Waals surface area contributed by atoms with Crippen molar-refractivity contribution in [3.63, 3.8) is 0 Å². The smallest absolute Gasteiger partial charge is 0.107 e. The molecule has 2 fully saturated rings. The van der Waals surface area contributed by atoms with Gasteiger partial charge in [-0.05, 0) is 68.7 Å². The van der Waals surface area contributed by atoms with Gasteiger partial charge < -0.3 is 0 Å². The summed E-state index contributed by atoms with van der Waals surface area (Å²) in [6, 6.07) is 3.02. The largest absolute Gasteiger partial charge is 0.298 e. The molecule has 0 unspecified atom stereocenters. The molecule has 0 radical (unpaired) electrons. The summed E-state index contributed by atoms with van der Waals surface area (Å²) in [4.78, 5) is 11.2. The second-order valence-electron chi connectivity index (χ2n) is 7.23. The molecule has 0 bridgehead atoms. The van der Waals surface area contributed by atoms with Crippen LogP contribution in [0.1, 0.15) is 34.7 Å². The van der Waals surface area contributed by atoms with Crippen LogP contribution in [0.15, 0.2) is 23.0 Å². The van der Waals surface area contributed by atoms with Crippen molar-refractivity contribution in [2.24, 2.45) is 5.41 Å². The lowest BCUT2D eigenvalue weighted by molar-refractivity contribution is 0.140. The van der Waals surface area contributed by atoms with Gasteiger partial charge in [0.25, 0.3) is 0 Å². The molecule has 0 aromatic carbocycles. The average molecular weight is 348 g/mol. The van der Waals surface area contributed by atoms with E-state index in [-0.39, 0.29) is 0 Å². The molecule has 1 aliphatic heterocycles. The Morgan fingerprint density at radius 2 is 2.13 bits per heavy atom.